The van der Waals surface area contributed by atoms with Gasteiger partial charge in [-0.2, -0.15) is 0 Å². The van der Waals surface area contributed by atoms with E-state index in [1.807, 2.05) is 48.6 Å². The van der Waals surface area contributed by atoms with Crippen molar-refractivity contribution in [1.29, 1.82) is 0 Å². The van der Waals surface area contributed by atoms with Crippen molar-refractivity contribution in [2.75, 3.05) is 41.5 Å². The zero-order valence-corrected chi connectivity index (χ0v) is 48.1. The van der Waals surface area contributed by atoms with Crippen LogP contribution in [0.15, 0.2) is 5.16 Å². The number of hydrogen-bond donors (Lipinski definition) is 1. The number of methoxy groups -OCH3 is 2. The van der Waals surface area contributed by atoms with Gasteiger partial charge >= 0.3 is 23.9 Å². The highest BCUT2D eigenvalue weighted by molar-refractivity contribution is 5.91. The fourth-order valence-corrected chi connectivity index (χ4v) is 11.3. The Bertz CT molecular complexity index is 1900. The van der Waals surface area contributed by atoms with Crippen molar-refractivity contribution in [3.05, 3.63) is 0 Å². The summed E-state index contributed by atoms with van der Waals surface area (Å²) >= 11 is 0. The van der Waals surface area contributed by atoms with Gasteiger partial charge in [0, 0.05) is 77.7 Å². The number of Topliss-reactive ketones (excluding diaryl/α,β-unsaturated/α-hetero) is 1. The van der Waals surface area contributed by atoms with E-state index in [4.69, 9.17) is 61.7 Å². The van der Waals surface area contributed by atoms with Gasteiger partial charge in [-0.15, -0.1) is 0 Å². The van der Waals surface area contributed by atoms with Gasteiger partial charge in [0.1, 0.15) is 42.8 Å². The smallest absolute Gasteiger partial charge is 0.311 e. The van der Waals surface area contributed by atoms with E-state index < -0.39 is 151 Å². The Hall–Kier alpha value is -3.38. The van der Waals surface area contributed by atoms with E-state index in [1.54, 1.807) is 34.6 Å². The fourth-order valence-electron chi connectivity index (χ4n) is 11.3. The molecule has 0 aliphatic carbocycles. The summed E-state index contributed by atoms with van der Waals surface area (Å²) < 4.78 is 75.6. The maximum Gasteiger partial charge on any atom is 0.311 e. The number of likely N-dealkylation sites (N-methyl/N-ethyl adjacent to an activating group) is 1. The van der Waals surface area contributed by atoms with E-state index in [9.17, 15) is 19.5 Å². The Morgan fingerprint density at radius 1 is 0.760 bits per heavy atom. The van der Waals surface area contributed by atoms with Crippen LogP contribution in [0.4, 0.5) is 0 Å². The van der Waals surface area contributed by atoms with Crippen molar-refractivity contribution < 1.29 is 90.8 Å². The molecule has 75 heavy (non-hydrogen) atoms. The highest BCUT2D eigenvalue weighted by Gasteiger charge is 2.52. The summed E-state index contributed by atoms with van der Waals surface area (Å²) in [5.41, 5.74) is -1.69. The average molecular weight is 1070 g/mol. The SMILES string of the molecule is CON=C1C[C@@H](C)O[C@@H](O[C@@H]2[C@@H](C)[C@H](O[C@H]3C[C@@H](C)N(C)C[C@H](C)O3)[C@@H](C)C(=O)O[C@H]([C@@H](C)CO[C@@H]3O[C@H](C)[C@@H](OC(C)=O)[C@@H](OC)[C@H]3OC)[C@H](C)[C@@H](OC(=O)CC(C)C)[C@@H](C)C(=O)[C@@](C)(O)C[C@@H]2C)[C@@H]1OC(C)=O. The molecule has 21 heteroatoms. The van der Waals surface area contributed by atoms with Gasteiger partial charge in [0.25, 0.3) is 0 Å². The van der Waals surface area contributed by atoms with Gasteiger partial charge in [-0.1, -0.05) is 53.6 Å². The number of ether oxygens (including phenoxy) is 12. The molecule has 0 aromatic rings. The predicted molar refractivity (Wildman–Crippen MR) is 272 cm³/mol. The highest BCUT2D eigenvalue weighted by Crippen LogP contribution is 2.40. The van der Waals surface area contributed by atoms with E-state index >= 15 is 9.59 Å². The number of carbonyl (C=O) groups excluding carboxylic acids is 5. The van der Waals surface area contributed by atoms with E-state index in [0.717, 1.165) is 0 Å². The highest BCUT2D eigenvalue weighted by atomic mass is 16.7. The quantitative estimate of drug-likeness (QED) is 0.115. The third-order valence-corrected chi connectivity index (χ3v) is 15.2. The van der Waals surface area contributed by atoms with Gasteiger partial charge < -0.3 is 71.7 Å². The van der Waals surface area contributed by atoms with Gasteiger partial charge in [0.15, 0.2) is 30.6 Å². The van der Waals surface area contributed by atoms with Crippen molar-refractivity contribution in [2.24, 2.45) is 46.6 Å². The third kappa shape index (κ3) is 17.1. The van der Waals surface area contributed by atoms with Crippen molar-refractivity contribution in [3.63, 3.8) is 0 Å². The second-order valence-corrected chi connectivity index (χ2v) is 22.5. The van der Waals surface area contributed by atoms with Crippen LogP contribution in [0.5, 0.6) is 0 Å². The molecule has 4 saturated heterocycles. The summed E-state index contributed by atoms with van der Waals surface area (Å²) in [5, 5.41) is 16.7. The number of cyclic esters (lactones) is 1. The first kappa shape index (κ1) is 64.1. The van der Waals surface area contributed by atoms with Crippen LogP contribution in [0.3, 0.4) is 0 Å². The molecule has 4 fully saturated rings. The molecule has 4 heterocycles. The molecule has 432 valence electrons. The van der Waals surface area contributed by atoms with Crippen LogP contribution >= 0.6 is 0 Å². The van der Waals surface area contributed by atoms with E-state index in [0.29, 0.717) is 18.7 Å². The Morgan fingerprint density at radius 3 is 1.99 bits per heavy atom. The number of aliphatic hydroxyl groups is 1. The number of carbonyl (C=O) groups is 5. The molecule has 4 rings (SSSR count). The molecule has 4 aliphatic rings. The second-order valence-electron chi connectivity index (χ2n) is 22.5. The normalized spacial score (nSPS) is 40.9. The lowest BCUT2D eigenvalue weighted by Gasteiger charge is -2.45. The Morgan fingerprint density at radius 2 is 1.40 bits per heavy atom. The minimum atomic E-state index is -2.06. The second kappa shape index (κ2) is 28.5. The lowest BCUT2D eigenvalue weighted by atomic mass is 9.74. The van der Waals surface area contributed by atoms with Gasteiger partial charge in [0.05, 0.1) is 49.0 Å². The molecule has 0 amide bonds. The van der Waals surface area contributed by atoms with Crippen LogP contribution < -0.4 is 0 Å². The summed E-state index contributed by atoms with van der Waals surface area (Å²) in [4.78, 5) is 76.2. The van der Waals surface area contributed by atoms with E-state index in [-0.39, 0.29) is 43.9 Å². The monoisotopic (exact) mass is 1070 g/mol. The standard InChI is InChI=1S/C54H92N2O19/c1-26(2)20-40(59)72-44-33(9)43(28(4)25-66-52-49(64-18)48(63-17)46(36(12)69-52)70-37(13)57)74-51(61)35(11)45(73-41-21-29(5)56(16)24-31(7)67-41)32(8)42(27(3)23-54(15,62)50(60)34(44)10)75-53-47(71-38(14)58)39(55-65-19)22-30(6)68-53/h26-36,41-49,52-53,62H,20-25H2,1-19H3/t27-,28-,29+,30+,31-,32+,33-,34+,35+,36+,41-,42-,43+,44+,45-,46+,47+,48+,49+,52+,53-,54-/m0/s1. The number of oxime groups is 1. The van der Waals surface area contributed by atoms with E-state index in [2.05, 4.69) is 17.0 Å². The lowest BCUT2D eigenvalue weighted by Crippen LogP contribution is -2.60. The predicted octanol–water partition coefficient (Wildman–Crippen LogP) is 5.41. The molecule has 0 saturated carbocycles. The van der Waals surface area contributed by atoms with Crippen molar-refractivity contribution in [3.8, 4) is 0 Å². The Labute approximate surface area is 445 Å². The summed E-state index contributed by atoms with van der Waals surface area (Å²) in [6, 6.07) is 0.0205. The maximum absolute atomic E-state index is 15.3. The van der Waals surface area contributed by atoms with Gasteiger partial charge in [-0.05, 0) is 66.8 Å². The fraction of sp³-hybridized carbons (Fsp3) is 0.889. The molecule has 1 N–H and O–H groups in total. The summed E-state index contributed by atoms with van der Waals surface area (Å²) in [6.07, 6.45) is -11.9. The number of hydrogen-bond acceptors (Lipinski definition) is 21. The number of ketones is 1. The minimum absolute atomic E-state index is 0.0205. The van der Waals surface area contributed by atoms with Crippen molar-refractivity contribution >= 4 is 35.4 Å². The lowest BCUT2D eigenvalue weighted by molar-refractivity contribution is -0.307. The summed E-state index contributed by atoms with van der Waals surface area (Å²) in [7, 11) is 6.31. The van der Waals surface area contributed by atoms with E-state index in [1.165, 1.54) is 42.1 Å². The molecule has 0 aromatic heterocycles. The van der Waals surface area contributed by atoms with Crippen molar-refractivity contribution in [1.82, 2.24) is 4.90 Å². The van der Waals surface area contributed by atoms with Crippen molar-refractivity contribution in [2.45, 2.75) is 227 Å². The average Bonchev–Trinajstić information content (AvgIpc) is 3.43. The van der Waals surface area contributed by atoms with Crippen LogP contribution in [0.1, 0.15) is 130 Å². The number of nitrogens with zero attached hydrogens (tertiary/aromatic N) is 2. The molecule has 0 unspecified atom stereocenters. The van der Waals surface area contributed by atoms with Crippen LogP contribution in [0.2, 0.25) is 0 Å². The molecule has 0 bridgehead atoms. The van der Waals surface area contributed by atoms with Crippen LogP contribution in [-0.2, 0) is 85.7 Å². The maximum atomic E-state index is 15.3. The van der Waals surface area contributed by atoms with Gasteiger partial charge in [-0.25, -0.2) is 0 Å². The summed E-state index contributed by atoms with van der Waals surface area (Å²) in [5.74, 6) is -8.35. The van der Waals surface area contributed by atoms with Gasteiger partial charge in [-0.3, -0.25) is 24.0 Å². The molecule has 4 aliphatic heterocycles. The first-order valence-corrected chi connectivity index (χ1v) is 26.8. The molecular weight excluding hydrogens is 981 g/mol. The zero-order valence-electron chi connectivity index (χ0n) is 48.1. The van der Waals surface area contributed by atoms with Crippen LogP contribution in [0, 0.1) is 41.4 Å². The molecule has 0 aromatic carbocycles. The van der Waals surface area contributed by atoms with Gasteiger partial charge in [0.2, 0.25) is 6.29 Å². The largest absolute Gasteiger partial charge is 0.461 e. The Balaban J connectivity index is 1.90. The molecule has 0 radical (unpaired) electrons. The summed E-state index contributed by atoms with van der Waals surface area (Å²) in [6.45, 7) is 26.3. The number of rotatable bonds is 16. The topological polar surface area (TPSA) is 241 Å². The van der Waals surface area contributed by atoms with Crippen LogP contribution in [0.25, 0.3) is 0 Å². The third-order valence-electron chi connectivity index (χ3n) is 15.2. The minimum Gasteiger partial charge on any atom is -0.461 e. The number of esters is 4. The first-order chi connectivity index (χ1) is 35.0. The molecular formula is C54H92N2O19. The molecule has 22 atom stereocenters. The molecule has 0 spiro atoms. The Kier molecular flexibility index (Phi) is 24.4. The van der Waals surface area contributed by atoms with Crippen LogP contribution in [-0.4, -0.2) is 185 Å². The zero-order chi connectivity index (χ0) is 56.4. The molecule has 21 nitrogen and oxygen atoms in total. The first-order valence-electron chi connectivity index (χ1n) is 26.8.